The van der Waals surface area contributed by atoms with E-state index in [2.05, 4.69) is 15.5 Å². The number of fused-ring (bicyclic) bond motifs is 1. The van der Waals surface area contributed by atoms with Crippen LogP contribution in [0.2, 0.25) is 0 Å². The maximum absolute atomic E-state index is 14.3. The number of halogens is 1. The van der Waals surface area contributed by atoms with Gasteiger partial charge in [-0.1, -0.05) is 6.92 Å². The third-order valence-corrected chi connectivity index (χ3v) is 8.29. The molecule has 4 amide bonds. The molecular formula is C35H52FN5O6. The van der Waals surface area contributed by atoms with Gasteiger partial charge in [0.05, 0.1) is 30.4 Å². The summed E-state index contributed by atoms with van der Waals surface area (Å²) in [4.78, 5) is 45.3. The standard InChI is InChI=1S/C35H52FN5O6/c1-24-21-41(25(2)23-42)34(44)30-20-29(38-35(45)37-28-14-12-27(36)13-15-28)16-17-31(30)47-26(3)10-7-8-19-46-32(24)22-40(6)33(43)11-9-18-39(4)5/h12-17,20,24-26,32,42H,7-11,18-19,21-23H2,1-6H3,(H2,37,38,45)/t24-,25+,26+,32+/m1/s1. The lowest BCUT2D eigenvalue weighted by atomic mass is 10.0. The molecule has 0 saturated heterocycles. The number of amides is 4. The number of aliphatic hydroxyl groups is 1. The van der Waals surface area contributed by atoms with Crippen LogP contribution in [0.15, 0.2) is 42.5 Å². The molecule has 0 bridgehead atoms. The summed E-state index contributed by atoms with van der Waals surface area (Å²) in [7, 11) is 5.75. The lowest BCUT2D eigenvalue weighted by molar-refractivity contribution is -0.132. The summed E-state index contributed by atoms with van der Waals surface area (Å²) in [6.45, 7) is 7.41. The van der Waals surface area contributed by atoms with Gasteiger partial charge in [-0.15, -0.1) is 0 Å². The third kappa shape index (κ3) is 12.1. The van der Waals surface area contributed by atoms with Crippen molar-refractivity contribution in [3.8, 4) is 5.75 Å². The zero-order chi connectivity index (χ0) is 34.5. The first-order valence-electron chi connectivity index (χ1n) is 16.4. The maximum atomic E-state index is 14.3. The Morgan fingerprint density at radius 3 is 2.43 bits per heavy atom. The van der Waals surface area contributed by atoms with E-state index in [1.54, 1.807) is 42.0 Å². The van der Waals surface area contributed by atoms with Crippen molar-refractivity contribution >= 4 is 29.2 Å². The molecule has 2 aromatic rings. The molecule has 4 atom stereocenters. The van der Waals surface area contributed by atoms with Crippen LogP contribution in [0.5, 0.6) is 5.75 Å². The number of rotatable bonds is 10. The number of nitrogens with zero attached hydrogens (tertiary/aromatic N) is 3. The van der Waals surface area contributed by atoms with Crippen LogP contribution in [-0.4, -0.2) is 110 Å². The van der Waals surface area contributed by atoms with Gasteiger partial charge in [0.1, 0.15) is 11.6 Å². The summed E-state index contributed by atoms with van der Waals surface area (Å²) in [5, 5.41) is 15.6. The van der Waals surface area contributed by atoms with Gasteiger partial charge >= 0.3 is 6.03 Å². The van der Waals surface area contributed by atoms with Crippen LogP contribution >= 0.6 is 0 Å². The van der Waals surface area contributed by atoms with Crippen LogP contribution in [-0.2, 0) is 9.53 Å². The summed E-state index contributed by atoms with van der Waals surface area (Å²) >= 11 is 0. The number of carbonyl (C=O) groups excluding carboxylic acids is 3. The summed E-state index contributed by atoms with van der Waals surface area (Å²) < 4.78 is 25.9. The Labute approximate surface area is 278 Å². The Kier molecular flexibility index (Phi) is 14.9. The fourth-order valence-electron chi connectivity index (χ4n) is 5.40. The van der Waals surface area contributed by atoms with Crippen molar-refractivity contribution in [3.05, 3.63) is 53.8 Å². The largest absolute Gasteiger partial charge is 0.490 e. The number of benzene rings is 2. The van der Waals surface area contributed by atoms with Gasteiger partial charge in [-0.25, -0.2) is 9.18 Å². The molecule has 47 heavy (non-hydrogen) atoms. The van der Waals surface area contributed by atoms with Gasteiger partial charge in [0, 0.05) is 50.5 Å². The highest BCUT2D eigenvalue weighted by molar-refractivity contribution is 6.02. The van der Waals surface area contributed by atoms with Crippen LogP contribution < -0.4 is 15.4 Å². The minimum Gasteiger partial charge on any atom is -0.490 e. The number of urea groups is 1. The molecule has 2 aromatic carbocycles. The highest BCUT2D eigenvalue weighted by Gasteiger charge is 2.31. The minimum absolute atomic E-state index is 0.0436. The third-order valence-electron chi connectivity index (χ3n) is 8.29. The molecule has 1 aliphatic rings. The van der Waals surface area contributed by atoms with Crippen molar-refractivity contribution in [2.24, 2.45) is 5.92 Å². The molecule has 3 rings (SSSR count). The van der Waals surface area contributed by atoms with E-state index in [1.807, 2.05) is 27.9 Å². The smallest absolute Gasteiger partial charge is 0.323 e. The zero-order valence-electron chi connectivity index (χ0n) is 28.6. The molecule has 0 fully saturated rings. The second-order valence-electron chi connectivity index (χ2n) is 12.8. The first-order valence-corrected chi connectivity index (χ1v) is 16.4. The fraction of sp³-hybridized carbons (Fsp3) is 0.571. The predicted octanol–water partition coefficient (Wildman–Crippen LogP) is 5.07. The number of nitrogens with one attached hydrogen (secondary N) is 2. The van der Waals surface area contributed by atoms with Gasteiger partial charge in [0.2, 0.25) is 5.91 Å². The first-order chi connectivity index (χ1) is 22.4. The molecule has 0 spiro atoms. The SMILES string of the molecule is C[C@@H]1CN([C@@H](C)CO)C(=O)c2cc(NC(=O)Nc3ccc(F)cc3)ccc2O[C@@H](C)CCCCO[C@H]1CN(C)C(=O)CCCN(C)C. The van der Waals surface area contributed by atoms with Gasteiger partial charge in [-0.05, 0) is 103 Å². The van der Waals surface area contributed by atoms with Crippen LogP contribution in [0, 0.1) is 11.7 Å². The van der Waals surface area contributed by atoms with E-state index >= 15 is 0 Å². The van der Waals surface area contributed by atoms with E-state index in [0.717, 1.165) is 32.2 Å². The van der Waals surface area contributed by atoms with Crippen molar-refractivity contribution < 1.29 is 33.4 Å². The van der Waals surface area contributed by atoms with Crippen molar-refractivity contribution in [2.45, 2.75) is 71.1 Å². The minimum atomic E-state index is -0.561. The van der Waals surface area contributed by atoms with E-state index in [-0.39, 0.29) is 48.7 Å². The van der Waals surface area contributed by atoms with Crippen molar-refractivity contribution in [1.82, 2.24) is 14.7 Å². The van der Waals surface area contributed by atoms with E-state index in [1.165, 1.54) is 24.3 Å². The van der Waals surface area contributed by atoms with Crippen molar-refractivity contribution in [3.63, 3.8) is 0 Å². The molecule has 0 aromatic heterocycles. The number of likely N-dealkylation sites (N-methyl/N-ethyl adjacent to an activating group) is 1. The molecule has 12 heteroatoms. The average Bonchev–Trinajstić information content (AvgIpc) is 3.03. The fourth-order valence-corrected chi connectivity index (χ4v) is 5.40. The lowest BCUT2D eigenvalue weighted by Crippen LogP contribution is -2.48. The first kappa shape index (κ1) is 37.7. The molecular weight excluding hydrogens is 605 g/mol. The highest BCUT2D eigenvalue weighted by atomic mass is 19.1. The summed E-state index contributed by atoms with van der Waals surface area (Å²) in [6.07, 6.45) is 3.06. The number of hydrogen-bond donors (Lipinski definition) is 3. The second-order valence-corrected chi connectivity index (χ2v) is 12.8. The number of carbonyl (C=O) groups is 3. The van der Waals surface area contributed by atoms with E-state index in [4.69, 9.17) is 9.47 Å². The Balaban J connectivity index is 1.87. The molecule has 0 saturated carbocycles. The topological polar surface area (TPSA) is 124 Å². The molecule has 0 unspecified atom stereocenters. The summed E-state index contributed by atoms with van der Waals surface area (Å²) in [6, 6.07) is 9.17. The number of anilines is 2. The molecule has 1 aliphatic heterocycles. The normalized spacial score (nSPS) is 20.1. The Bertz CT molecular complexity index is 1310. The van der Waals surface area contributed by atoms with Crippen molar-refractivity contribution in [2.75, 3.05) is 64.6 Å². The molecule has 11 nitrogen and oxygen atoms in total. The summed E-state index contributed by atoms with van der Waals surface area (Å²) in [5.41, 5.74) is 1.01. The molecule has 260 valence electrons. The van der Waals surface area contributed by atoms with Gasteiger partial charge in [0.15, 0.2) is 0 Å². The van der Waals surface area contributed by atoms with E-state index in [0.29, 0.717) is 36.7 Å². The van der Waals surface area contributed by atoms with Gasteiger partial charge in [0.25, 0.3) is 5.91 Å². The maximum Gasteiger partial charge on any atom is 0.323 e. The van der Waals surface area contributed by atoms with Crippen LogP contribution in [0.4, 0.5) is 20.6 Å². The number of ether oxygens (including phenoxy) is 2. The lowest BCUT2D eigenvalue weighted by Gasteiger charge is -2.36. The van der Waals surface area contributed by atoms with E-state index < -0.39 is 17.9 Å². The number of aliphatic hydroxyl groups excluding tert-OH is 1. The second kappa shape index (κ2) is 18.6. The molecule has 3 N–H and O–H groups in total. The Morgan fingerprint density at radius 1 is 1.06 bits per heavy atom. The van der Waals surface area contributed by atoms with Gasteiger partial charge in [-0.3, -0.25) is 9.59 Å². The summed E-state index contributed by atoms with van der Waals surface area (Å²) in [5.74, 6) is -0.546. The van der Waals surface area contributed by atoms with Crippen molar-refractivity contribution in [1.29, 1.82) is 0 Å². The molecule has 0 radical (unpaired) electrons. The average molecular weight is 658 g/mol. The van der Waals surface area contributed by atoms with Crippen LogP contribution in [0.3, 0.4) is 0 Å². The van der Waals surface area contributed by atoms with Gasteiger partial charge in [-0.2, -0.15) is 0 Å². The van der Waals surface area contributed by atoms with Crippen LogP contribution in [0.25, 0.3) is 0 Å². The van der Waals surface area contributed by atoms with Gasteiger partial charge < -0.3 is 39.9 Å². The number of hydrogen-bond acceptors (Lipinski definition) is 7. The zero-order valence-corrected chi connectivity index (χ0v) is 28.6. The Hall–Kier alpha value is -3.74. The highest BCUT2D eigenvalue weighted by Crippen LogP contribution is 2.29. The molecule has 0 aliphatic carbocycles. The van der Waals surface area contributed by atoms with E-state index in [9.17, 15) is 23.9 Å². The van der Waals surface area contributed by atoms with Crippen LogP contribution in [0.1, 0.15) is 63.2 Å². The molecule has 1 heterocycles. The predicted molar refractivity (Wildman–Crippen MR) is 181 cm³/mol. The Morgan fingerprint density at radius 2 is 1.74 bits per heavy atom. The monoisotopic (exact) mass is 657 g/mol. The quantitative estimate of drug-likeness (QED) is 0.326.